The first kappa shape index (κ1) is 42.6. The number of amides is 2. The van der Waals surface area contributed by atoms with Crippen molar-refractivity contribution in [3.8, 4) is 0 Å². The van der Waals surface area contributed by atoms with Crippen LogP contribution < -0.4 is 25.2 Å². The number of hydrogen-bond donors (Lipinski definition) is 3. The molecule has 3 aliphatic heterocycles. The van der Waals surface area contributed by atoms with E-state index in [-0.39, 0.29) is 41.5 Å². The number of piperidine rings is 2. The normalized spacial score (nSPS) is 23.5. The van der Waals surface area contributed by atoms with Crippen molar-refractivity contribution in [3.05, 3.63) is 64.9 Å². The summed E-state index contributed by atoms with van der Waals surface area (Å²) < 4.78 is 73.9. The van der Waals surface area contributed by atoms with Gasteiger partial charge in [0.15, 0.2) is 0 Å². The van der Waals surface area contributed by atoms with Gasteiger partial charge >= 0.3 is 6.18 Å². The smallest absolute Gasteiger partial charge is 0.369 e. The molecule has 2 atom stereocenters. The summed E-state index contributed by atoms with van der Waals surface area (Å²) in [6.07, 6.45) is 3.22. The molecule has 3 saturated heterocycles. The molecule has 310 valence electrons. The third kappa shape index (κ3) is 11.1. The fraction of sp³-hybridized carbons (Fsp3) is 0.561. The molecule has 4 heterocycles. The minimum atomic E-state index is -4.57. The molecule has 0 radical (unpaired) electrons. The minimum absolute atomic E-state index is 0.0527. The van der Waals surface area contributed by atoms with E-state index in [4.69, 9.17) is 0 Å². The van der Waals surface area contributed by atoms with Gasteiger partial charge in [-0.15, -0.1) is 0 Å². The van der Waals surface area contributed by atoms with Crippen LogP contribution in [0.2, 0.25) is 0 Å². The quantitative estimate of drug-likeness (QED) is 0.117. The lowest BCUT2D eigenvalue weighted by Gasteiger charge is -2.34. The van der Waals surface area contributed by atoms with Crippen molar-refractivity contribution in [2.75, 3.05) is 61.4 Å². The largest absolute Gasteiger partial charge is 0.421 e. The lowest BCUT2D eigenvalue weighted by Crippen LogP contribution is -2.44. The molecule has 16 heteroatoms. The van der Waals surface area contributed by atoms with Crippen LogP contribution in [0, 0.1) is 30.4 Å². The second-order valence-electron chi connectivity index (χ2n) is 16.0. The van der Waals surface area contributed by atoms with E-state index in [0.29, 0.717) is 36.7 Å². The number of nitrogens with one attached hydrogen (secondary N) is 3. The van der Waals surface area contributed by atoms with Crippen LogP contribution in [0.1, 0.15) is 87.8 Å². The van der Waals surface area contributed by atoms with Crippen molar-refractivity contribution < 1.29 is 31.5 Å². The Morgan fingerprint density at radius 3 is 2.26 bits per heavy atom. The van der Waals surface area contributed by atoms with Crippen LogP contribution in [0.25, 0.3) is 0 Å². The Morgan fingerprint density at radius 1 is 0.877 bits per heavy atom. The summed E-state index contributed by atoms with van der Waals surface area (Å²) in [6, 6.07) is 8.75. The molecule has 3 aromatic rings. The van der Waals surface area contributed by atoms with Gasteiger partial charge in [-0.1, -0.05) is 19.9 Å². The number of halogens is 5. The topological polar surface area (TPSA) is 106 Å². The van der Waals surface area contributed by atoms with Crippen LogP contribution in [0.5, 0.6) is 0 Å². The maximum absolute atomic E-state index is 15.0. The van der Waals surface area contributed by atoms with Crippen molar-refractivity contribution in [3.63, 3.8) is 0 Å². The zero-order valence-corrected chi connectivity index (χ0v) is 33.8. The number of benzene rings is 2. The maximum Gasteiger partial charge on any atom is 0.421 e. The van der Waals surface area contributed by atoms with E-state index in [1.807, 2.05) is 19.1 Å². The zero-order chi connectivity index (χ0) is 40.9. The molecular weight excluding hydrogens is 764 g/mol. The van der Waals surface area contributed by atoms with E-state index < -0.39 is 29.4 Å². The monoisotopic (exact) mass is 816 g/mol. The molecule has 4 fully saturated rings. The van der Waals surface area contributed by atoms with E-state index in [1.54, 1.807) is 17.9 Å². The molecule has 1 aliphatic carbocycles. The second kappa shape index (κ2) is 18.7. The summed E-state index contributed by atoms with van der Waals surface area (Å²) in [5.74, 6) is -1.30. The number of piperazine rings is 1. The molecule has 1 aromatic heterocycles. The van der Waals surface area contributed by atoms with E-state index in [1.165, 1.54) is 36.9 Å². The summed E-state index contributed by atoms with van der Waals surface area (Å²) in [4.78, 5) is 37.9. The van der Waals surface area contributed by atoms with Crippen molar-refractivity contribution >= 4 is 46.9 Å². The molecule has 1 saturated carbocycles. The van der Waals surface area contributed by atoms with Gasteiger partial charge < -0.3 is 20.0 Å². The molecular formula is C41H53F5N8O2S. The molecule has 0 spiro atoms. The molecule has 2 amide bonds. The van der Waals surface area contributed by atoms with Crippen molar-refractivity contribution in [1.82, 2.24) is 24.9 Å². The van der Waals surface area contributed by atoms with Gasteiger partial charge in [0.25, 0.3) is 0 Å². The molecule has 7 rings (SSSR count). The Morgan fingerprint density at radius 2 is 1.61 bits per heavy atom. The third-order valence-electron chi connectivity index (χ3n) is 11.4. The Hall–Kier alpha value is -4.02. The van der Waals surface area contributed by atoms with E-state index >= 15 is 4.39 Å². The number of rotatable bonds is 8. The predicted octanol–water partition coefficient (Wildman–Crippen LogP) is 8.20. The molecule has 2 unspecified atom stereocenters. The first-order valence-electron chi connectivity index (χ1n) is 19.9. The maximum atomic E-state index is 15.0. The number of nitrogens with zero attached hydrogens (tertiary/aromatic N) is 5. The predicted molar refractivity (Wildman–Crippen MR) is 214 cm³/mol. The van der Waals surface area contributed by atoms with E-state index in [9.17, 15) is 27.2 Å². The van der Waals surface area contributed by atoms with Crippen molar-refractivity contribution in [1.29, 1.82) is 0 Å². The number of alkyl halides is 3. The standard InChI is InChI=1S/C25H33F4N5S.C16H20FN3O2/c1-15-6-8-18(9-7-15)33-35-19-11-17(3)22(21(26)12-19)31-24-30-13-20(25(27,28)29)23(32-24)34-10-4-5-16(2)14-34;1-19-6-8-20(9-7-19)11-2-3-12(14(17)10-11)13-4-5-15(21)18-16(13)22/h11-13,15-16,18,33H,4-10,14H2,1-3H3,(H,30,31,32);2-3,10,13H,4-9H2,1H3,(H,18,21,22). The van der Waals surface area contributed by atoms with Crippen LogP contribution in [-0.2, 0) is 15.8 Å². The summed E-state index contributed by atoms with van der Waals surface area (Å²) in [5, 5.41) is 5.10. The van der Waals surface area contributed by atoms with Gasteiger partial charge in [0.05, 0.1) is 11.6 Å². The first-order chi connectivity index (χ1) is 27.1. The highest BCUT2D eigenvalue weighted by Crippen LogP contribution is 2.38. The SMILES string of the molecule is CN1CCN(c2ccc(C3CCC(=O)NC3=O)c(F)c2)CC1.Cc1cc(SNC2CCC(C)CC2)cc(F)c1Nc1ncc(C(F)(F)F)c(N2CCCC(C)C2)n1. The summed E-state index contributed by atoms with van der Waals surface area (Å²) in [6.45, 7) is 10.7. The van der Waals surface area contributed by atoms with Crippen LogP contribution in [0.3, 0.4) is 0 Å². The Labute approximate surface area is 335 Å². The number of anilines is 4. The molecule has 0 bridgehead atoms. The minimum Gasteiger partial charge on any atom is -0.369 e. The Bertz CT molecular complexity index is 1860. The number of aromatic nitrogens is 2. The van der Waals surface area contributed by atoms with Crippen LogP contribution in [0.15, 0.2) is 41.4 Å². The van der Waals surface area contributed by atoms with Crippen LogP contribution in [0.4, 0.5) is 45.1 Å². The average Bonchev–Trinajstić information content (AvgIpc) is 3.16. The highest BCUT2D eigenvalue weighted by molar-refractivity contribution is 7.97. The van der Waals surface area contributed by atoms with Gasteiger partial charge in [0, 0.05) is 74.1 Å². The van der Waals surface area contributed by atoms with Gasteiger partial charge in [0.1, 0.15) is 23.0 Å². The highest BCUT2D eigenvalue weighted by atomic mass is 32.2. The van der Waals surface area contributed by atoms with Crippen molar-refractivity contribution in [2.45, 2.75) is 95.2 Å². The lowest BCUT2D eigenvalue weighted by atomic mass is 9.88. The van der Waals surface area contributed by atoms with Crippen LogP contribution >= 0.6 is 11.9 Å². The number of carbonyl (C=O) groups is 2. The molecule has 10 nitrogen and oxygen atoms in total. The van der Waals surface area contributed by atoms with Gasteiger partial charge in [0.2, 0.25) is 17.8 Å². The van der Waals surface area contributed by atoms with Gasteiger partial charge in [-0.3, -0.25) is 19.6 Å². The zero-order valence-electron chi connectivity index (χ0n) is 33.0. The van der Waals surface area contributed by atoms with E-state index in [0.717, 1.165) is 74.6 Å². The number of likely N-dealkylation sites (N-methyl/N-ethyl adjacent to an activating group) is 1. The average molecular weight is 817 g/mol. The van der Waals surface area contributed by atoms with Crippen LogP contribution in [-0.4, -0.2) is 79.0 Å². The van der Waals surface area contributed by atoms with E-state index in [2.05, 4.69) is 49.1 Å². The Balaban J connectivity index is 0.000000214. The van der Waals surface area contributed by atoms with Gasteiger partial charge in [-0.2, -0.15) is 18.2 Å². The Kier molecular flexibility index (Phi) is 14.0. The molecule has 4 aliphatic rings. The fourth-order valence-electron chi connectivity index (χ4n) is 7.88. The number of carbonyl (C=O) groups excluding carboxylic acids is 2. The first-order valence-corrected chi connectivity index (χ1v) is 20.7. The summed E-state index contributed by atoms with van der Waals surface area (Å²) in [5.41, 5.74) is 1.15. The molecule has 57 heavy (non-hydrogen) atoms. The van der Waals surface area contributed by atoms with Crippen molar-refractivity contribution in [2.24, 2.45) is 11.8 Å². The summed E-state index contributed by atoms with van der Waals surface area (Å²) in [7, 11) is 2.07. The summed E-state index contributed by atoms with van der Waals surface area (Å²) >= 11 is 1.42. The van der Waals surface area contributed by atoms with Gasteiger partial charge in [-0.05, 0) is 113 Å². The number of imide groups is 1. The highest BCUT2D eigenvalue weighted by Gasteiger charge is 2.38. The lowest BCUT2D eigenvalue weighted by molar-refractivity contribution is -0.138. The number of aryl methyl sites for hydroxylation is 1. The third-order valence-corrected chi connectivity index (χ3v) is 12.3. The second-order valence-corrected chi connectivity index (χ2v) is 16.9. The molecule has 3 N–H and O–H groups in total. The molecule has 2 aromatic carbocycles. The van der Waals surface area contributed by atoms with Gasteiger partial charge in [-0.25, -0.2) is 13.8 Å². The number of hydrogen-bond acceptors (Lipinski definition) is 10. The fourth-order valence-corrected chi connectivity index (χ4v) is 8.81.